The van der Waals surface area contributed by atoms with Gasteiger partial charge in [-0.3, -0.25) is 4.98 Å². The summed E-state index contributed by atoms with van der Waals surface area (Å²) < 4.78 is 28.7. The maximum Gasteiger partial charge on any atom is 0.149 e. The summed E-state index contributed by atoms with van der Waals surface area (Å²) in [5.41, 5.74) is 0.835. The minimum absolute atomic E-state index is 0.0554. The molecule has 20 heavy (non-hydrogen) atoms. The summed E-state index contributed by atoms with van der Waals surface area (Å²) in [6, 6.07) is 1.60. The molecule has 0 radical (unpaired) electrons. The average molecular weight is 300 g/mol. The predicted octanol–water partition coefficient (Wildman–Crippen LogP) is 1.95. The number of rotatable bonds is 8. The Morgan fingerprint density at radius 3 is 2.60 bits per heavy atom. The second-order valence-electron chi connectivity index (χ2n) is 5.22. The molecule has 114 valence electrons. The molecule has 0 aliphatic heterocycles. The van der Waals surface area contributed by atoms with Crippen molar-refractivity contribution in [3.63, 3.8) is 0 Å². The van der Waals surface area contributed by atoms with Crippen molar-refractivity contribution < 1.29 is 13.2 Å². The standard InChI is InChI=1S/C14H24N2O3S/c1-5-6-16-14(10-20(4,17)18)12-7-13(9-15-8-12)19-11(2)3/h7-9,11,14,16H,5-6,10H2,1-4H3. The summed E-state index contributed by atoms with van der Waals surface area (Å²) in [6.45, 7) is 6.68. The second kappa shape index (κ2) is 7.59. The third-order valence-corrected chi connectivity index (χ3v) is 3.56. The minimum atomic E-state index is -3.07. The number of ether oxygens (including phenoxy) is 1. The van der Waals surface area contributed by atoms with E-state index in [0.717, 1.165) is 18.5 Å². The van der Waals surface area contributed by atoms with Gasteiger partial charge in [-0.1, -0.05) is 6.92 Å². The molecule has 1 aromatic heterocycles. The van der Waals surface area contributed by atoms with Gasteiger partial charge in [-0.05, 0) is 38.4 Å². The number of nitrogens with zero attached hydrogens (tertiary/aromatic N) is 1. The van der Waals surface area contributed by atoms with Crippen LogP contribution in [0.1, 0.15) is 38.8 Å². The summed E-state index contributed by atoms with van der Waals surface area (Å²) in [6.07, 6.45) is 5.57. The Hall–Kier alpha value is -1.14. The highest BCUT2D eigenvalue weighted by Gasteiger charge is 2.18. The van der Waals surface area contributed by atoms with Gasteiger partial charge in [0.2, 0.25) is 0 Å². The van der Waals surface area contributed by atoms with Crippen molar-refractivity contribution in [1.82, 2.24) is 10.3 Å². The van der Waals surface area contributed by atoms with E-state index in [1.54, 1.807) is 12.4 Å². The Bertz CT molecular complexity index is 515. The Balaban J connectivity index is 2.94. The first kappa shape index (κ1) is 16.9. The molecule has 0 aliphatic carbocycles. The molecule has 0 amide bonds. The Labute approximate surface area is 121 Å². The molecule has 6 heteroatoms. The first-order valence-electron chi connectivity index (χ1n) is 6.84. The van der Waals surface area contributed by atoms with Crippen molar-refractivity contribution in [3.05, 3.63) is 24.0 Å². The summed E-state index contributed by atoms with van der Waals surface area (Å²) in [5.74, 6) is 0.717. The number of aromatic nitrogens is 1. The van der Waals surface area contributed by atoms with Crippen LogP contribution in [0.15, 0.2) is 18.5 Å². The zero-order chi connectivity index (χ0) is 15.2. The molecule has 1 atom stereocenters. The zero-order valence-corrected chi connectivity index (χ0v) is 13.4. The number of hydrogen-bond acceptors (Lipinski definition) is 5. The van der Waals surface area contributed by atoms with E-state index in [4.69, 9.17) is 4.74 Å². The lowest BCUT2D eigenvalue weighted by Gasteiger charge is -2.19. The third-order valence-electron chi connectivity index (χ3n) is 2.62. The van der Waals surface area contributed by atoms with Gasteiger partial charge >= 0.3 is 0 Å². The molecular weight excluding hydrogens is 276 g/mol. The van der Waals surface area contributed by atoms with Gasteiger partial charge in [0.15, 0.2) is 0 Å². The van der Waals surface area contributed by atoms with Gasteiger partial charge < -0.3 is 10.1 Å². The molecule has 0 bridgehead atoms. The van der Waals surface area contributed by atoms with Crippen molar-refractivity contribution in [2.24, 2.45) is 0 Å². The lowest BCUT2D eigenvalue weighted by molar-refractivity contribution is 0.241. The van der Waals surface area contributed by atoms with Crippen LogP contribution in [0, 0.1) is 0 Å². The van der Waals surface area contributed by atoms with Gasteiger partial charge in [-0.25, -0.2) is 8.42 Å². The number of sulfone groups is 1. The van der Waals surface area contributed by atoms with Crippen LogP contribution in [0.25, 0.3) is 0 Å². The van der Waals surface area contributed by atoms with Crippen molar-refractivity contribution in [1.29, 1.82) is 0 Å². The number of nitrogens with one attached hydrogen (secondary N) is 1. The fourth-order valence-corrected chi connectivity index (χ4v) is 2.77. The first-order chi connectivity index (χ1) is 9.31. The normalized spacial score (nSPS) is 13.4. The van der Waals surface area contributed by atoms with Gasteiger partial charge in [0.25, 0.3) is 0 Å². The van der Waals surface area contributed by atoms with Crippen LogP contribution in [-0.4, -0.2) is 38.1 Å². The van der Waals surface area contributed by atoms with Gasteiger partial charge in [-0.2, -0.15) is 0 Å². The third kappa shape index (κ3) is 6.34. The van der Waals surface area contributed by atoms with E-state index in [1.165, 1.54) is 6.26 Å². The van der Waals surface area contributed by atoms with Crippen molar-refractivity contribution in [2.75, 3.05) is 18.6 Å². The number of hydrogen-bond donors (Lipinski definition) is 1. The van der Waals surface area contributed by atoms with Gasteiger partial charge in [0.05, 0.1) is 18.1 Å². The predicted molar refractivity (Wildman–Crippen MR) is 80.7 cm³/mol. The molecule has 1 heterocycles. The Morgan fingerprint density at radius 1 is 1.35 bits per heavy atom. The summed E-state index contributed by atoms with van der Waals surface area (Å²) >= 11 is 0. The number of pyridine rings is 1. The highest BCUT2D eigenvalue weighted by atomic mass is 32.2. The molecule has 0 saturated heterocycles. The molecule has 0 saturated carbocycles. The maximum atomic E-state index is 11.5. The Morgan fingerprint density at radius 2 is 2.05 bits per heavy atom. The van der Waals surface area contributed by atoms with E-state index < -0.39 is 9.84 Å². The monoisotopic (exact) mass is 300 g/mol. The lowest BCUT2D eigenvalue weighted by Crippen LogP contribution is -2.28. The summed E-state index contributed by atoms with van der Waals surface area (Å²) in [5, 5.41) is 3.25. The van der Waals surface area contributed by atoms with Gasteiger partial charge in [0.1, 0.15) is 15.6 Å². The summed E-state index contributed by atoms with van der Waals surface area (Å²) in [7, 11) is -3.07. The summed E-state index contributed by atoms with van der Waals surface area (Å²) in [4.78, 5) is 4.14. The van der Waals surface area contributed by atoms with E-state index in [0.29, 0.717) is 5.75 Å². The van der Waals surface area contributed by atoms with Crippen LogP contribution in [0.4, 0.5) is 0 Å². The minimum Gasteiger partial charge on any atom is -0.489 e. The van der Waals surface area contributed by atoms with Crippen molar-refractivity contribution >= 4 is 9.84 Å². The van der Waals surface area contributed by atoms with E-state index in [1.807, 2.05) is 26.8 Å². The molecule has 1 rings (SSSR count). The first-order valence-corrected chi connectivity index (χ1v) is 8.90. The zero-order valence-electron chi connectivity index (χ0n) is 12.6. The van der Waals surface area contributed by atoms with E-state index in [2.05, 4.69) is 10.3 Å². The molecule has 1 unspecified atom stereocenters. The lowest BCUT2D eigenvalue weighted by atomic mass is 10.1. The van der Waals surface area contributed by atoms with Crippen molar-refractivity contribution in [2.45, 2.75) is 39.3 Å². The van der Waals surface area contributed by atoms with Crippen molar-refractivity contribution in [3.8, 4) is 5.75 Å². The molecular formula is C14H24N2O3S. The van der Waals surface area contributed by atoms with E-state index in [-0.39, 0.29) is 17.9 Å². The fraction of sp³-hybridized carbons (Fsp3) is 0.643. The average Bonchev–Trinajstić information content (AvgIpc) is 2.32. The molecule has 0 fully saturated rings. The fourth-order valence-electron chi connectivity index (χ4n) is 1.86. The van der Waals surface area contributed by atoms with Crippen LogP contribution in [0.5, 0.6) is 5.75 Å². The maximum absolute atomic E-state index is 11.5. The SMILES string of the molecule is CCCNC(CS(C)(=O)=O)c1cncc(OC(C)C)c1. The van der Waals surface area contributed by atoms with Crippen LogP contribution < -0.4 is 10.1 Å². The van der Waals surface area contributed by atoms with Crippen LogP contribution in [0.3, 0.4) is 0 Å². The molecule has 0 spiro atoms. The molecule has 0 aliphatic rings. The second-order valence-corrected chi connectivity index (χ2v) is 7.40. The van der Waals surface area contributed by atoms with Crippen LogP contribution in [0.2, 0.25) is 0 Å². The highest BCUT2D eigenvalue weighted by molar-refractivity contribution is 7.90. The smallest absolute Gasteiger partial charge is 0.149 e. The quantitative estimate of drug-likeness (QED) is 0.795. The largest absolute Gasteiger partial charge is 0.489 e. The molecule has 5 nitrogen and oxygen atoms in total. The van der Waals surface area contributed by atoms with Crippen LogP contribution in [-0.2, 0) is 9.84 Å². The Kier molecular flexibility index (Phi) is 6.42. The van der Waals surface area contributed by atoms with Gasteiger partial charge in [-0.15, -0.1) is 0 Å². The van der Waals surface area contributed by atoms with E-state index >= 15 is 0 Å². The van der Waals surface area contributed by atoms with E-state index in [9.17, 15) is 8.42 Å². The van der Waals surface area contributed by atoms with Crippen LogP contribution >= 0.6 is 0 Å². The molecule has 1 N–H and O–H groups in total. The molecule has 0 aromatic carbocycles. The topological polar surface area (TPSA) is 68.3 Å². The molecule has 1 aromatic rings. The highest BCUT2D eigenvalue weighted by Crippen LogP contribution is 2.20. The van der Waals surface area contributed by atoms with Gasteiger partial charge in [0, 0.05) is 18.5 Å².